The largest absolute Gasteiger partial charge is 0.473 e. The van der Waals surface area contributed by atoms with Crippen LogP contribution in [0.25, 0.3) is 0 Å². The average Bonchev–Trinajstić information content (AvgIpc) is 2.50. The first-order chi connectivity index (χ1) is 11.6. The maximum Gasteiger partial charge on any atom is 0.433 e. The monoisotopic (exact) mass is 358 g/mol. The fourth-order valence-electron chi connectivity index (χ4n) is 1.86. The molecular weight excluding hydrogens is 344 g/mol. The minimum atomic E-state index is -4.69. The number of ether oxygens (including phenoxy) is 1. The van der Waals surface area contributed by atoms with Crippen LogP contribution >= 0.6 is 0 Å². The van der Waals surface area contributed by atoms with E-state index < -0.39 is 23.6 Å². The molecule has 1 amide bonds. The van der Waals surface area contributed by atoms with Gasteiger partial charge in [-0.1, -0.05) is 12.1 Å². The second kappa shape index (κ2) is 7.32. The van der Waals surface area contributed by atoms with Crippen molar-refractivity contribution in [2.45, 2.75) is 26.3 Å². The highest BCUT2D eigenvalue weighted by Gasteiger charge is 2.33. The number of carbonyl (C=O) groups excluding carboxylic acids is 1. The first kappa shape index (κ1) is 18.4. The molecule has 0 bridgehead atoms. The van der Waals surface area contributed by atoms with Crippen LogP contribution in [0.2, 0.25) is 0 Å². The molecule has 0 aliphatic rings. The number of nitrogen functional groups attached to an aromatic ring is 1. The van der Waals surface area contributed by atoms with Crippen molar-refractivity contribution in [2.24, 2.45) is 0 Å². The van der Waals surface area contributed by atoms with E-state index in [1.807, 2.05) is 0 Å². The molecular formula is C15H14F4N4O2. The molecule has 0 saturated carbocycles. The Morgan fingerprint density at radius 2 is 2.00 bits per heavy atom. The zero-order valence-corrected chi connectivity index (χ0v) is 13.0. The first-order valence-corrected chi connectivity index (χ1v) is 7.01. The SMILES string of the molecule is CC(=O)NCc1ccc(COc2cc(C(F)(F)F)nc(N)n2)cc1F. The summed E-state index contributed by atoms with van der Waals surface area (Å²) < 4.78 is 57.0. The van der Waals surface area contributed by atoms with Gasteiger partial charge < -0.3 is 15.8 Å². The Morgan fingerprint density at radius 3 is 2.60 bits per heavy atom. The van der Waals surface area contributed by atoms with Crippen molar-refractivity contribution in [3.63, 3.8) is 0 Å². The number of aromatic nitrogens is 2. The number of benzene rings is 1. The highest BCUT2D eigenvalue weighted by molar-refractivity contribution is 5.72. The lowest BCUT2D eigenvalue weighted by molar-refractivity contribution is -0.141. The molecule has 6 nitrogen and oxygen atoms in total. The summed E-state index contributed by atoms with van der Waals surface area (Å²) in [7, 11) is 0. The van der Waals surface area contributed by atoms with Crippen molar-refractivity contribution in [3.05, 3.63) is 46.9 Å². The number of nitrogens with zero attached hydrogens (tertiary/aromatic N) is 2. The van der Waals surface area contributed by atoms with Crippen LogP contribution in [-0.2, 0) is 24.1 Å². The fraction of sp³-hybridized carbons (Fsp3) is 0.267. The predicted molar refractivity (Wildman–Crippen MR) is 79.7 cm³/mol. The van der Waals surface area contributed by atoms with Gasteiger partial charge in [-0.2, -0.15) is 18.2 Å². The predicted octanol–water partition coefficient (Wildman–Crippen LogP) is 2.43. The molecule has 0 unspecified atom stereocenters. The molecule has 134 valence electrons. The summed E-state index contributed by atoms with van der Waals surface area (Å²) in [6.45, 7) is 1.12. The first-order valence-electron chi connectivity index (χ1n) is 7.01. The van der Waals surface area contributed by atoms with Crippen LogP contribution in [0.3, 0.4) is 0 Å². The maximum atomic E-state index is 13.9. The van der Waals surface area contributed by atoms with E-state index in [0.717, 1.165) is 6.07 Å². The van der Waals surface area contributed by atoms with Crippen molar-refractivity contribution < 1.29 is 27.1 Å². The Bertz CT molecular complexity index is 781. The number of carbonyl (C=O) groups is 1. The Labute approximate surface area is 140 Å². The van der Waals surface area contributed by atoms with Gasteiger partial charge >= 0.3 is 6.18 Å². The molecule has 0 saturated heterocycles. The lowest BCUT2D eigenvalue weighted by atomic mass is 10.1. The number of nitrogens with two attached hydrogens (primary N) is 1. The van der Waals surface area contributed by atoms with Crippen molar-refractivity contribution in [1.29, 1.82) is 0 Å². The standard InChI is InChI=1S/C15H14F4N4O2/c1-8(24)21-6-10-3-2-9(4-11(10)16)7-25-13-5-12(15(17,18)19)22-14(20)23-13/h2-5H,6-7H2,1H3,(H,21,24)(H2,20,22,23). The molecule has 1 aromatic heterocycles. The Balaban J connectivity index is 2.08. The third-order valence-corrected chi connectivity index (χ3v) is 3.04. The van der Waals surface area contributed by atoms with E-state index in [2.05, 4.69) is 15.3 Å². The molecule has 0 fully saturated rings. The van der Waals surface area contributed by atoms with Gasteiger partial charge in [0.05, 0.1) is 0 Å². The lowest BCUT2D eigenvalue weighted by Gasteiger charge is -2.11. The van der Waals surface area contributed by atoms with E-state index in [9.17, 15) is 22.4 Å². The van der Waals surface area contributed by atoms with Crippen molar-refractivity contribution in [2.75, 3.05) is 5.73 Å². The van der Waals surface area contributed by atoms with E-state index >= 15 is 0 Å². The fourth-order valence-corrected chi connectivity index (χ4v) is 1.86. The number of halogens is 4. The van der Waals surface area contributed by atoms with Crippen LogP contribution < -0.4 is 15.8 Å². The summed E-state index contributed by atoms with van der Waals surface area (Å²) in [5.74, 6) is -1.83. The van der Waals surface area contributed by atoms with Crippen LogP contribution in [0.1, 0.15) is 23.7 Å². The van der Waals surface area contributed by atoms with E-state index in [1.54, 1.807) is 0 Å². The van der Waals surface area contributed by atoms with Gasteiger partial charge in [0.2, 0.25) is 17.7 Å². The summed E-state index contributed by atoms with van der Waals surface area (Å²) in [6, 6.07) is 4.74. The topological polar surface area (TPSA) is 90.1 Å². The Hall–Kier alpha value is -2.91. The van der Waals surface area contributed by atoms with Gasteiger partial charge in [0, 0.05) is 25.1 Å². The summed E-state index contributed by atoms with van der Waals surface area (Å²) in [6.07, 6.45) is -4.69. The normalized spacial score (nSPS) is 11.2. The van der Waals surface area contributed by atoms with Crippen LogP contribution in [0, 0.1) is 5.82 Å². The smallest absolute Gasteiger partial charge is 0.433 e. The van der Waals surface area contributed by atoms with Gasteiger partial charge in [-0.25, -0.2) is 9.37 Å². The minimum Gasteiger partial charge on any atom is -0.473 e. The molecule has 10 heteroatoms. The summed E-state index contributed by atoms with van der Waals surface area (Å²) >= 11 is 0. The molecule has 25 heavy (non-hydrogen) atoms. The van der Waals surface area contributed by atoms with Crippen LogP contribution in [0.15, 0.2) is 24.3 Å². The molecule has 0 atom stereocenters. The number of rotatable bonds is 5. The third kappa shape index (κ3) is 5.30. The van der Waals surface area contributed by atoms with Crippen molar-refractivity contribution >= 4 is 11.9 Å². The van der Waals surface area contributed by atoms with E-state index in [1.165, 1.54) is 19.1 Å². The number of amides is 1. The summed E-state index contributed by atoms with van der Waals surface area (Å²) in [4.78, 5) is 17.5. The number of hydrogen-bond acceptors (Lipinski definition) is 5. The molecule has 2 aromatic rings. The zero-order chi connectivity index (χ0) is 18.6. The number of nitrogens with one attached hydrogen (secondary N) is 1. The highest BCUT2D eigenvalue weighted by atomic mass is 19.4. The second-order valence-electron chi connectivity index (χ2n) is 5.07. The van der Waals surface area contributed by atoms with Gasteiger partial charge in [-0.3, -0.25) is 4.79 Å². The molecule has 0 radical (unpaired) electrons. The van der Waals surface area contributed by atoms with Crippen molar-refractivity contribution in [1.82, 2.24) is 15.3 Å². The quantitative estimate of drug-likeness (QED) is 0.802. The maximum absolute atomic E-state index is 13.9. The van der Waals surface area contributed by atoms with E-state index in [-0.39, 0.29) is 30.5 Å². The highest BCUT2D eigenvalue weighted by Crippen LogP contribution is 2.30. The molecule has 3 N–H and O–H groups in total. The second-order valence-corrected chi connectivity index (χ2v) is 5.07. The van der Waals surface area contributed by atoms with E-state index in [0.29, 0.717) is 11.6 Å². The minimum absolute atomic E-state index is 0.0275. The Kier molecular flexibility index (Phi) is 5.40. The third-order valence-electron chi connectivity index (χ3n) is 3.04. The summed E-state index contributed by atoms with van der Waals surface area (Å²) in [5.41, 5.74) is 4.64. The van der Waals surface area contributed by atoms with Crippen LogP contribution in [0.4, 0.5) is 23.5 Å². The van der Waals surface area contributed by atoms with Crippen LogP contribution in [-0.4, -0.2) is 15.9 Å². The molecule has 0 spiro atoms. The number of hydrogen-bond donors (Lipinski definition) is 2. The van der Waals surface area contributed by atoms with Gasteiger partial charge in [0.15, 0.2) is 5.69 Å². The molecule has 2 rings (SSSR count). The van der Waals surface area contributed by atoms with Crippen molar-refractivity contribution in [3.8, 4) is 5.88 Å². The molecule has 0 aliphatic heterocycles. The van der Waals surface area contributed by atoms with Gasteiger partial charge in [-0.15, -0.1) is 0 Å². The molecule has 1 aromatic carbocycles. The average molecular weight is 358 g/mol. The van der Waals surface area contributed by atoms with Gasteiger partial charge in [0.1, 0.15) is 12.4 Å². The van der Waals surface area contributed by atoms with Gasteiger partial charge in [-0.05, 0) is 11.6 Å². The van der Waals surface area contributed by atoms with E-state index in [4.69, 9.17) is 10.5 Å². The molecule has 0 aliphatic carbocycles. The van der Waals surface area contributed by atoms with Gasteiger partial charge in [0.25, 0.3) is 0 Å². The van der Waals surface area contributed by atoms with Crippen LogP contribution in [0.5, 0.6) is 5.88 Å². The zero-order valence-electron chi connectivity index (χ0n) is 13.0. The molecule has 1 heterocycles. The Morgan fingerprint density at radius 1 is 1.28 bits per heavy atom. The number of alkyl halides is 3. The summed E-state index contributed by atoms with van der Waals surface area (Å²) in [5, 5.41) is 2.46. The number of anilines is 1. The lowest BCUT2D eigenvalue weighted by Crippen LogP contribution is -2.19.